The maximum absolute atomic E-state index is 13.0. The summed E-state index contributed by atoms with van der Waals surface area (Å²) in [5.41, 5.74) is 2.82. The highest BCUT2D eigenvalue weighted by Crippen LogP contribution is 2.40. The van der Waals surface area contributed by atoms with Crippen LogP contribution in [0.2, 0.25) is 16.9 Å². The zero-order chi connectivity index (χ0) is 21.7. The standard InChI is InChI=1S/C17H13Cl2FN4O.C2H6.CH3B/c1-8-13-10-2-3-11(18)14(19)15(10)23-12(13)4-5-24(8)17(25)16-21-6-9(20)7-22-16;2*1-2/h2-3,6-8,23H,4-5H2,1H3;1-2H3;1H3. The number of hydrogen-bond donors (Lipinski definition) is 1. The first-order valence-corrected chi connectivity index (χ1v) is 10.1. The molecule has 0 saturated heterocycles. The number of amides is 1. The zero-order valence-electron chi connectivity index (χ0n) is 16.8. The molecule has 1 aliphatic rings. The third kappa shape index (κ3) is 4.41. The number of H-pyrrole nitrogens is 1. The van der Waals surface area contributed by atoms with Gasteiger partial charge in [-0.15, -0.1) is 0 Å². The van der Waals surface area contributed by atoms with Crippen LogP contribution >= 0.6 is 23.2 Å². The Bertz CT molecular complexity index is 994. The van der Waals surface area contributed by atoms with Crippen LogP contribution in [0.4, 0.5) is 4.39 Å². The number of benzene rings is 1. The van der Waals surface area contributed by atoms with E-state index in [4.69, 9.17) is 23.2 Å². The van der Waals surface area contributed by atoms with Gasteiger partial charge in [0.15, 0.2) is 5.82 Å². The van der Waals surface area contributed by atoms with Crippen molar-refractivity contribution < 1.29 is 9.18 Å². The topological polar surface area (TPSA) is 61.9 Å². The van der Waals surface area contributed by atoms with E-state index in [1.54, 1.807) is 11.0 Å². The molecule has 0 aliphatic carbocycles. The van der Waals surface area contributed by atoms with Crippen molar-refractivity contribution in [1.82, 2.24) is 19.9 Å². The van der Waals surface area contributed by atoms with Crippen molar-refractivity contribution in [2.24, 2.45) is 0 Å². The normalized spacial score (nSPS) is 15.0. The maximum Gasteiger partial charge on any atom is 0.292 e. The minimum absolute atomic E-state index is 0.0161. The van der Waals surface area contributed by atoms with Gasteiger partial charge in [0.1, 0.15) is 0 Å². The lowest BCUT2D eigenvalue weighted by atomic mass is 9.97. The van der Waals surface area contributed by atoms with Crippen molar-refractivity contribution in [3.8, 4) is 0 Å². The van der Waals surface area contributed by atoms with Crippen molar-refractivity contribution in [3.63, 3.8) is 0 Å². The average molecular weight is 435 g/mol. The summed E-state index contributed by atoms with van der Waals surface area (Å²) in [4.78, 5) is 25.3. The van der Waals surface area contributed by atoms with Crippen molar-refractivity contribution in [1.29, 1.82) is 0 Å². The summed E-state index contributed by atoms with van der Waals surface area (Å²) in [7, 11) is 4.50. The molecular weight excluding hydrogens is 413 g/mol. The zero-order valence-corrected chi connectivity index (χ0v) is 18.3. The maximum atomic E-state index is 13.0. The third-order valence-electron chi connectivity index (χ3n) is 4.55. The Kier molecular flexibility index (Phi) is 8.05. The van der Waals surface area contributed by atoms with Crippen molar-refractivity contribution in [2.75, 3.05) is 6.54 Å². The number of carbonyl (C=O) groups excluding carboxylic acids is 1. The molecule has 9 heteroatoms. The summed E-state index contributed by atoms with van der Waals surface area (Å²) >= 11 is 12.4. The van der Waals surface area contributed by atoms with E-state index >= 15 is 0 Å². The van der Waals surface area contributed by atoms with Crippen molar-refractivity contribution in [2.45, 2.75) is 40.1 Å². The summed E-state index contributed by atoms with van der Waals surface area (Å²) in [6, 6.07) is 3.45. The second kappa shape index (κ2) is 10.1. The van der Waals surface area contributed by atoms with Crippen LogP contribution in [-0.2, 0) is 6.42 Å². The number of aromatic nitrogens is 3. The largest absolute Gasteiger partial charge is 0.357 e. The van der Waals surface area contributed by atoms with Gasteiger partial charge in [0.2, 0.25) is 5.82 Å². The lowest BCUT2D eigenvalue weighted by molar-refractivity contribution is 0.0665. The van der Waals surface area contributed by atoms with E-state index in [0.717, 1.165) is 34.6 Å². The van der Waals surface area contributed by atoms with Crippen LogP contribution in [0.15, 0.2) is 24.5 Å². The van der Waals surface area contributed by atoms with Crippen molar-refractivity contribution in [3.05, 3.63) is 57.5 Å². The number of hydrogen-bond acceptors (Lipinski definition) is 3. The van der Waals surface area contributed by atoms with Crippen LogP contribution in [0.5, 0.6) is 0 Å². The highest BCUT2D eigenvalue weighted by atomic mass is 35.5. The fourth-order valence-electron chi connectivity index (χ4n) is 3.36. The van der Waals surface area contributed by atoms with E-state index in [2.05, 4.69) is 22.8 Å². The van der Waals surface area contributed by atoms with Crippen LogP contribution in [0.25, 0.3) is 10.9 Å². The second-order valence-corrected chi connectivity index (χ2v) is 6.74. The van der Waals surface area contributed by atoms with E-state index in [0.29, 0.717) is 23.0 Å². The Balaban J connectivity index is 0.000000707. The Morgan fingerprint density at radius 1 is 1.24 bits per heavy atom. The Labute approximate surface area is 181 Å². The molecule has 0 saturated carbocycles. The Morgan fingerprint density at radius 2 is 1.86 bits per heavy atom. The van der Waals surface area contributed by atoms with E-state index < -0.39 is 5.82 Å². The predicted octanol–water partition coefficient (Wildman–Crippen LogP) is 5.39. The van der Waals surface area contributed by atoms with E-state index in [-0.39, 0.29) is 17.8 Å². The minimum atomic E-state index is -0.575. The van der Waals surface area contributed by atoms with Crippen LogP contribution < -0.4 is 0 Å². The average Bonchev–Trinajstić information content (AvgIpc) is 3.14. The van der Waals surface area contributed by atoms with Gasteiger partial charge in [-0.3, -0.25) is 4.79 Å². The molecule has 2 aromatic heterocycles. The molecule has 152 valence electrons. The lowest BCUT2D eigenvalue weighted by Gasteiger charge is -2.33. The second-order valence-electron chi connectivity index (χ2n) is 5.95. The van der Waals surface area contributed by atoms with Gasteiger partial charge in [0.25, 0.3) is 5.91 Å². The Hall–Kier alpha value is -2.12. The van der Waals surface area contributed by atoms with Gasteiger partial charge in [-0.25, -0.2) is 14.4 Å². The van der Waals surface area contributed by atoms with Crippen molar-refractivity contribution >= 4 is 47.9 Å². The first-order valence-electron chi connectivity index (χ1n) is 9.32. The van der Waals surface area contributed by atoms with Crippen LogP contribution in [-0.4, -0.2) is 40.2 Å². The molecular formula is C20H22BCl2FN4O. The molecule has 3 heterocycles. The summed E-state index contributed by atoms with van der Waals surface area (Å²) in [6.07, 6.45) is 2.64. The van der Waals surface area contributed by atoms with E-state index in [9.17, 15) is 9.18 Å². The third-order valence-corrected chi connectivity index (χ3v) is 5.35. The molecule has 1 unspecified atom stereocenters. The highest BCUT2D eigenvalue weighted by Gasteiger charge is 2.32. The molecule has 1 aliphatic heterocycles. The van der Waals surface area contributed by atoms with Crippen LogP contribution in [0.3, 0.4) is 0 Å². The van der Waals surface area contributed by atoms with Gasteiger partial charge in [-0.1, -0.05) is 49.9 Å². The minimum Gasteiger partial charge on any atom is -0.357 e. The molecule has 1 aromatic carbocycles. The SMILES string of the molecule is CC.CC1c2c([nH]c3c(Cl)c(Cl)ccc23)CCN1C(=O)c1ncc(F)cn1.[B]C. The summed E-state index contributed by atoms with van der Waals surface area (Å²) in [5, 5.41) is 1.89. The predicted molar refractivity (Wildman–Crippen MR) is 116 cm³/mol. The molecule has 0 fully saturated rings. The van der Waals surface area contributed by atoms with Gasteiger partial charge in [0.05, 0.1) is 41.8 Å². The molecule has 1 atom stereocenters. The molecule has 29 heavy (non-hydrogen) atoms. The first-order chi connectivity index (χ1) is 14.0. The fraction of sp³-hybridized carbons (Fsp3) is 0.350. The number of rotatable bonds is 1. The van der Waals surface area contributed by atoms with Crippen LogP contribution in [0.1, 0.15) is 48.7 Å². The molecule has 0 bridgehead atoms. The number of halogens is 3. The van der Waals surface area contributed by atoms with Crippen LogP contribution in [0, 0.1) is 5.82 Å². The monoisotopic (exact) mass is 434 g/mol. The number of nitrogens with one attached hydrogen (secondary N) is 1. The molecule has 1 amide bonds. The summed E-state index contributed by atoms with van der Waals surface area (Å²) in [6.45, 7) is 7.95. The van der Waals surface area contributed by atoms with Gasteiger partial charge in [0, 0.05) is 29.6 Å². The molecule has 1 N–H and O–H groups in total. The van der Waals surface area contributed by atoms with E-state index in [1.165, 1.54) is 6.82 Å². The smallest absolute Gasteiger partial charge is 0.292 e. The lowest BCUT2D eigenvalue weighted by Crippen LogP contribution is -2.39. The number of nitrogens with zero attached hydrogens (tertiary/aromatic N) is 3. The number of aromatic amines is 1. The quantitative estimate of drug-likeness (QED) is 0.522. The summed E-state index contributed by atoms with van der Waals surface area (Å²) in [5.74, 6) is -0.918. The molecule has 4 rings (SSSR count). The first kappa shape index (κ1) is 23.2. The Morgan fingerprint density at radius 3 is 2.48 bits per heavy atom. The van der Waals surface area contributed by atoms with E-state index in [1.807, 2.05) is 26.8 Å². The van der Waals surface area contributed by atoms with Gasteiger partial charge < -0.3 is 9.88 Å². The molecule has 5 nitrogen and oxygen atoms in total. The van der Waals surface area contributed by atoms with Gasteiger partial charge in [-0.05, 0) is 13.0 Å². The molecule has 3 aromatic rings. The molecule has 0 spiro atoms. The fourth-order valence-corrected chi connectivity index (χ4v) is 3.73. The number of carbonyl (C=O) groups is 1. The molecule has 2 radical (unpaired) electrons. The number of fused-ring (bicyclic) bond motifs is 3. The highest BCUT2D eigenvalue weighted by molar-refractivity contribution is 6.45. The van der Waals surface area contributed by atoms with Gasteiger partial charge in [-0.2, -0.15) is 0 Å². The van der Waals surface area contributed by atoms with Gasteiger partial charge >= 0.3 is 0 Å². The summed E-state index contributed by atoms with van der Waals surface area (Å²) < 4.78 is 13.0.